The third-order valence-electron chi connectivity index (χ3n) is 4.97. The molecule has 34 heavy (non-hydrogen) atoms. The van der Waals surface area contributed by atoms with Crippen molar-refractivity contribution in [1.82, 2.24) is 0 Å². The molecule has 3 aromatic carbocycles. The number of aryl methyl sites for hydroxylation is 1. The SMILES string of the molecule is CC.CC.CCCc1ccc(OCc2cc3ccc(-c4ccc(OCC)cc4)cc3s2)c(F)c1. The van der Waals surface area contributed by atoms with E-state index in [1.807, 2.05) is 52.8 Å². The third-order valence-corrected chi connectivity index (χ3v) is 6.05. The van der Waals surface area contributed by atoms with Crippen molar-refractivity contribution in [2.24, 2.45) is 0 Å². The molecule has 0 radical (unpaired) electrons. The van der Waals surface area contributed by atoms with Gasteiger partial charge in [0.15, 0.2) is 11.6 Å². The van der Waals surface area contributed by atoms with Crippen LogP contribution in [0.1, 0.15) is 58.4 Å². The van der Waals surface area contributed by atoms with Crippen LogP contribution in [0.4, 0.5) is 4.39 Å². The molecule has 0 amide bonds. The summed E-state index contributed by atoms with van der Waals surface area (Å²) in [5, 5.41) is 1.17. The van der Waals surface area contributed by atoms with E-state index in [1.54, 1.807) is 23.5 Å². The first-order valence-electron chi connectivity index (χ1n) is 12.3. The molecule has 0 unspecified atom stereocenters. The molecule has 4 rings (SSSR count). The quantitative estimate of drug-likeness (QED) is 0.250. The van der Waals surface area contributed by atoms with Crippen LogP contribution in [-0.2, 0) is 13.0 Å². The van der Waals surface area contributed by atoms with Gasteiger partial charge in [0.2, 0.25) is 0 Å². The first-order chi connectivity index (χ1) is 16.7. The van der Waals surface area contributed by atoms with Gasteiger partial charge in [-0.25, -0.2) is 4.39 Å². The van der Waals surface area contributed by atoms with Gasteiger partial charge in [-0.1, -0.05) is 71.4 Å². The molecule has 0 aliphatic heterocycles. The van der Waals surface area contributed by atoms with Gasteiger partial charge in [0.05, 0.1) is 6.61 Å². The number of hydrogen-bond acceptors (Lipinski definition) is 3. The average Bonchev–Trinajstić information content (AvgIpc) is 3.29. The van der Waals surface area contributed by atoms with Gasteiger partial charge in [-0.15, -0.1) is 11.3 Å². The van der Waals surface area contributed by atoms with Crippen molar-refractivity contribution < 1.29 is 13.9 Å². The summed E-state index contributed by atoms with van der Waals surface area (Å²) in [6.07, 6.45) is 1.88. The topological polar surface area (TPSA) is 18.5 Å². The van der Waals surface area contributed by atoms with E-state index in [1.165, 1.54) is 10.1 Å². The Labute approximate surface area is 208 Å². The molecule has 0 aliphatic rings. The Morgan fingerprint density at radius 1 is 0.765 bits per heavy atom. The van der Waals surface area contributed by atoms with Gasteiger partial charge < -0.3 is 9.47 Å². The smallest absolute Gasteiger partial charge is 0.165 e. The monoisotopic (exact) mass is 480 g/mol. The standard InChI is InChI=1S/C26H25FO2S.2C2H6/c1-3-5-18-6-13-25(24(27)14-18)29-17-23-15-21-8-7-20(16-26(21)30-23)19-9-11-22(12-10-19)28-4-2;2*1-2/h6-16H,3-5,17H2,1-2H3;2*1-2H3. The molecule has 0 N–H and O–H groups in total. The maximum atomic E-state index is 14.3. The van der Waals surface area contributed by atoms with Crippen LogP contribution in [0.2, 0.25) is 0 Å². The number of halogens is 1. The lowest BCUT2D eigenvalue weighted by Gasteiger charge is -2.07. The summed E-state index contributed by atoms with van der Waals surface area (Å²) >= 11 is 1.68. The van der Waals surface area contributed by atoms with Crippen molar-refractivity contribution in [1.29, 1.82) is 0 Å². The van der Waals surface area contributed by atoms with E-state index in [0.717, 1.165) is 40.2 Å². The lowest BCUT2D eigenvalue weighted by atomic mass is 10.0. The van der Waals surface area contributed by atoms with E-state index >= 15 is 0 Å². The highest BCUT2D eigenvalue weighted by Gasteiger charge is 2.08. The molecular weight excluding hydrogens is 443 g/mol. The lowest BCUT2D eigenvalue weighted by Crippen LogP contribution is -1.96. The van der Waals surface area contributed by atoms with E-state index in [0.29, 0.717) is 19.0 Å². The second-order valence-electron chi connectivity index (χ2n) is 7.23. The molecule has 1 heterocycles. The van der Waals surface area contributed by atoms with Crippen molar-refractivity contribution in [3.63, 3.8) is 0 Å². The van der Waals surface area contributed by atoms with Gasteiger partial charge >= 0.3 is 0 Å². The Balaban J connectivity index is 0.000000970. The minimum Gasteiger partial charge on any atom is -0.494 e. The van der Waals surface area contributed by atoms with Crippen molar-refractivity contribution in [2.45, 2.75) is 61.0 Å². The molecule has 0 saturated carbocycles. The molecule has 1 aromatic heterocycles. The molecule has 4 aromatic rings. The summed E-state index contributed by atoms with van der Waals surface area (Å²) in [6, 6.07) is 22.0. The van der Waals surface area contributed by atoms with Crippen LogP contribution in [0, 0.1) is 5.82 Å². The predicted octanol–water partition coefficient (Wildman–Crippen LogP) is 9.69. The molecule has 0 bridgehead atoms. The minimum absolute atomic E-state index is 0.292. The number of fused-ring (bicyclic) bond motifs is 1. The van der Waals surface area contributed by atoms with Crippen molar-refractivity contribution >= 4 is 21.4 Å². The van der Waals surface area contributed by atoms with Crippen LogP contribution < -0.4 is 9.47 Å². The normalized spacial score (nSPS) is 10.1. The summed E-state index contributed by atoms with van der Waals surface area (Å²) in [5.41, 5.74) is 3.32. The zero-order chi connectivity index (χ0) is 24.9. The molecule has 182 valence electrons. The minimum atomic E-state index is -0.292. The third kappa shape index (κ3) is 7.33. The summed E-state index contributed by atoms with van der Waals surface area (Å²) in [6.45, 7) is 13.1. The summed E-state index contributed by atoms with van der Waals surface area (Å²) < 4.78 is 26.7. The van der Waals surface area contributed by atoms with Crippen LogP contribution in [0.5, 0.6) is 11.5 Å². The maximum absolute atomic E-state index is 14.3. The van der Waals surface area contributed by atoms with Gasteiger partial charge in [-0.05, 0) is 71.8 Å². The second kappa shape index (κ2) is 14.4. The fraction of sp³-hybridized carbons (Fsp3) is 0.333. The summed E-state index contributed by atoms with van der Waals surface area (Å²) in [4.78, 5) is 1.07. The van der Waals surface area contributed by atoms with Gasteiger partial charge in [0.25, 0.3) is 0 Å². The van der Waals surface area contributed by atoms with Crippen LogP contribution in [0.25, 0.3) is 21.2 Å². The predicted molar refractivity (Wildman–Crippen MR) is 146 cm³/mol. The van der Waals surface area contributed by atoms with E-state index in [4.69, 9.17) is 9.47 Å². The van der Waals surface area contributed by atoms with Crippen molar-refractivity contribution in [3.05, 3.63) is 83.0 Å². The fourth-order valence-electron chi connectivity index (χ4n) is 3.50. The van der Waals surface area contributed by atoms with E-state index in [9.17, 15) is 4.39 Å². The van der Waals surface area contributed by atoms with Crippen molar-refractivity contribution in [2.75, 3.05) is 6.61 Å². The molecule has 0 spiro atoms. The highest BCUT2D eigenvalue weighted by molar-refractivity contribution is 7.19. The van der Waals surface area contributed by atoms with Gasteiger partial charge in [0, 0.05) is 9.58 Å². The van der Waals surface area contributed by atoms with Gasteiger partial charge in [-0.3, -0.25) is 0 Å². The summed E-state index contributed by atoms with van der Waals surface area (Å²) in [7, 11) is 0. The Hall–Kier alpha value is -2.85. The molecule has 0 saturated heterocycles. The zero-order valence-corrected chi connectivity index (χ0v) is 22.1. The molecule has 0 atom stereocenters. The number of rotatable bonds is 8. The number of benzene rings is 3. The highest BCUT2D eigenvalue weighted by Crippen LogP contribution is 2.32. The lowest BCUT2D eigenvalue weighted by molar-refractivity contribution is 0.293. The van der Waals surface area contributed by atoms with Crippen molar-refractivity contribution in [3.8, 4) is 22.6 Å². The molecule has 2 nitrogen and oxygen atoms in total. The average molecular weight is 481 g/mol. The summed E-state index contributed by atoms with van der Waals surface area (Å²) in [5.74, 6) is 0.898. The Kier molecular flexibility index (Phi) is 11.6. The molecule has 0 fully saturated rings. The van der Waals surface area contributed by atoms with Gasteiger partial charge in [-0.2, -0.15) is 0 Å². The van der Waals surface area contributed by atoms with E-state index in [-0.39, 0.29) is 5.82 Å². The molecule has 4 heteroatoms. The van der Waals surface area contributed by atoms with Crippen LogP contribution in [-0.4, -0.2) is 6.61 Å². The zero-order valence-electron chi connectivity index (χ0n) is 21.3. The molecule has 0 aliphatic carbocycles. The number of thiophene rings is 1. The number of hydrogen-bond donors (Lipinski definition) is 0. The Bertz CT molecular complexity index is 1130. The van der Waals surface area contributed by atoms with Crippen LogP contribution >= 0.6 is 11.3 Å². The molecular formula is C30H37FO2S. The first kappa shape index (κ1) is 27.4. The fourth-order valence-corrected chi connectivity index (χ4v) is 4.52. The first-order valence-corrected chi connectivity index (χ1v) is 13.1. The van der Waals surface area contributed by atoms with E-state index < -0.39 is 0 Å². The van der Waals surface area contributed by atoms with Crippen LogP contribution in [0.15, 0.2) is 66.7 Å². The second-order valence-corrected chi connectivity index (χ2v) is 8.39. The Morgan fingerprint density at radius 3 is 2.12 bits per heavy atom. The maximum Gasteiger partial charge on any atom is 0.165 e. The van der Waals surface area contributed by atoms with Crippen LogP contribution in [0.3, 0.4) is 0 Å². The largest absolute Gasteiger partial charge is 0.494 e. The Morgan fingerprint density at radius 2 is 1.47 bits per heavy atom. The van der Waals surface area contributed by atoms with E-state index in [2.05, 4.69) is 43.3 Å². The number of ether oxygens (including phenoxy) is 2. The highest BCUT2D eigenvalue weighted by atomic mass is 32.1. The van der Waals surface area contributed by atoms with Gasteiger partial charge in [0.1, 0.15) is 12.4 Å².